The molecule has 0 amide bonds. The molecule has 0 aliphatic rings. The predicted molar refractivity (Wildman–Crippen MR) is 74.0 cm³/mol. The number of halogens is 1. The molecule has 0 aliphatic carbocycles. The minimum atomic E-state index is -1.01. The van der Waals surface area contributed by atoms with E-state index < -0.39 is 5.97 Å². The van der Waals surface area contributed by atoms with E-state index >= 15 is 0 Å². The molecular weight excluding hydrogens is 300 g/mol. The molecule has 1 rings (SSSR count). The number of carboxylic acid groups (broad SMARTS) is 1. The Balaban J connectivity index is 3.25. The number of alkyl halides is 1. The summed E-state index contributed by atoms with van der Waals surface area (Å²) >= 11 is 3.33. The van der Waals surface area contributed by atoms with E-state index in [2.05, 4.69) is 15.9 Å². The van der Waals surface area contributed by atoms with E-state index in [9.17, 15) is 4.79 Å². The summed E-state index contributed by atoms with van der Waals surface area (Å²) in [6.45, 7) is 0. The van der Waals surface area contributed by atoms with Crippen LogP contribution < -0.4 is 9.47 Å². The zero-order chi connectivity index (χ0) is 13.5. The first-order valence-electron chi connectivity index (χ1n) is 5.35. The summed E-state index contributed by atoms with van der Waals surface area (Å²) in [5, 5.41) is 9.86. The van der Waals surface area contributed by atoms with Crippen molar-refractivity contribution in [1.82, 2.24) is 0 Å². The van der Waals surface area contributed by atoms with Gasteiger partial charge in [0, 0.05) is 5.33 Å². The maximum absolute atomic E-state index is 11.0. The number of ether oxygens (including phenoxy) is 2. The van der Waals surface area contributed by atoms with E-state index in [1.54, 1.807) is 0 Å². The number of aromatic carboxylic acids is 1. The minimum absolute atomic E-state index is 0.140. The molecule has 5 heteroatoms. The number of hydrogen-bond acceptors (Lipinski definition) is 3. The van der Waals surface area contributed by atoms with E-state index in [1.807, 2.05) is 12.2 Å². The fourth-order valence-corrected chi connectivity index (χ4v) is 1.76. The highest BCUT2D eigenvalue weighted by Crippen LogP contribution is 2.32. The van der Waals surface area contributed by atoms with E-state index in [1.165, 1.54) is 26.4 Å². The van der Waals surface area contributed by atoms with Gasteiger partial charge in [-0.2, -0.15) is 0 Å². The molecule has 1 aromatic carbocycles. The van der Waals surface area contributed by atoms with Crippen LogP contribution in [0, 0.1) is 0 Å². The normalized spacial score (nSPS) is 10.6. The van der Waals surface area contributed by atoms with E-state index in [4.69, 9.17) is 14.6 Å². The van der Waals surface area contributed by atoms with Crippen LogP contribution in [0.4, 0.5) is 0 Å². The Morgan fingerprint density at radius 3 is 2.28 bits per heavy atom. The van der Waals surface area contributed by atoms with Crippen LogP contribution >= 0.6 is 15.9 Å². The third kappa shape index (κ3) is 3.50. The van der Waals surface area contributed by atoms with Crippen LogP contribution in [0.25, 0.3) is 6.08 Å². The van der Waals surface area contributed by atoms with Gasteiger partial charge in [0.1, 0.15) is 11.5 Å². The van der Waals surface area contributed by atoms with Crippen LogP contribution in [-0.2, 0) is 0 Å². The Labute approximate surface area is 114 Å². The molecule has 18 heavy (non-hydrogen) atoms. The summed E-state index contributed by atoms with van der Waals surface area (Å²) < 4.78 is 10.4. The largest absolute Gasteiger partial charge is 0.496 e. The SMILES string of the molecule is COc1cc(C(=O)O)cc(OC)c1C=CCCBr. The van der Waals surface area contributed by atoms with Crippen molar-refractivity contribution in [2.45, 2.75) is 6.42 Å². The molecule has 4 nitrogen and oxygen atoms in total. The Kier molecular flexibility index (Phi) is 5.71. The molecule has 0 aromatic heterocycles. The summed E-state index contributed by atoms with van der Waals surface area (Å²) in [4.78, 5) is 11.0. The summed E-state index contributed by atoms with van der Waals surface area (Å²) in [7, 11) is 3.00. The minimum Gasteiger partial charge on any atom is -0.496 e. The number of carboxylic acids is 1. The van der Waals surface area contributed by atoms with Crippen molar-refractivity contribution in [2.75, 3.05) is 19.5 Å². The van der Waals surface area contributed by atoms with Crippen LogP contribution in [0.15, 0.2) is 18.2 Å². The molecule has 0 saturated heterocycles. The van der Waals surface area contributed by atoms with Gasteiger partial charge in [-0.25, -0.2) is 4.79 Å². The fraction of sp³-hybridized carbons (Fsp3) is 0.308. The van der Waals surface area contributed by atoms with Gasteiger partial charge < -0.3 is 14.6 Å². The van der Waals surface area contributed by atoms with Gasteiger partial charge in [-0.1, -0.05) is 28.1 Å². The monoisotopic (exact) mass is 314 g/mol. The summed E-state index contributed by atoms with van der Waals surface area (Å²) in [6, 6.07) is 2.97. The van der Waals surface area contributed by atoms with E-state index in [0.29, 0.717) is 11.5 Å². The smallest absolute Gasteiger partial charge is 0.335 e. The number of benzene rings is 1. The lowest BCUT2D eigenvalue weighted by Gasteiger charge is -2.11. The molecule has 0 spiro atoms. The zero-order valence-corrected chi connectivity index (χ0v) is 11.9. The molecule has 1 N–H and O–H groups in total. The van der Waals surface area contributed by atoms with Crippen molar-refractivity contribution in [3.8, 4) is 11.5 Å². The van der Waals surface area contributed by atoms with Gasteiger partial charge in [-0.3, -0.25) is 0 Å². The van der Waals surface area contributed by atoms with Gasteiger partial charge in [0.15, 0.2) is 0 Å². The third-order valence-electron chi connectivity index (χ3n) is 2.35. The number of allylic oxidation sites excluding steroid dienone is 1. The average molecular weight is 315 g/mol. The highest BCUT2D eigenvalue weighted by Gasteiger charge is 2.13. The Morgan fingerprint density at radius 1 is 1.33 bits per heavy atom. The second kappa shape index (κ2) is 7.06. The predicted octanol–water partition coefficient (Wildman–Crippen LogP) is 3.20. The topological polar surface area (TPSA) is 55.8 Å². The molecule has 0 radical (unpaired) electrons. The Morgan fingerprint density at radius 2 is 1.89 bits per heavy atom. The first-order valence-corrected chi connectivity index (χ1v) is 6.48. The molecular formula is C13H15BrO4. The van der Waals surface area contributed by atoms with Gasteiger partial charge in [0.05, 0.1) is 25.3 Å². The van der Waals surface area contributed by atoms with Gasteiger partial charge in [0.25, 0.3) is 0 Å². The number of rotatable bonds is 6. The van der Waals surface area contributed by atoms with Crippen molar-refractivity contribution in [3.63, 3.8) is 0 Å². The van der Waals surface area contributed by atoms with Crippen LogP contribution in [0.3, 0.4) is 0 Å². The fourth-order valence-electron chi connectivity index (χ4n) is 1.49. The zero-order valence-electron chi connectivity index (χ0n) is 10.3. The lowest BCUT2D eigenvalue weighted by Crippen LogP contribution is -2.00. The van der Waals surface area contributed by atoms with E-state index in [0.717, 1.165) is 17.3 Å². The second-order valence-corrected chi connectivity index (χ2v) is 4.27. The maximum Gasteiger partial charge on any atom is 0.335 e. The third-order valence-corrected chi connectivity index (χ3v) is 2.81. The van der Waals surface area contributed by atoms with Crippen molar-refractivity contribution in [2.24, 2.45) is 0 Å². The number of methoxy groups -OCH3 is 2. The van der Waals surface area contributed by atoms with Crippen LogP contribution in [0.2, 0.25) is 0 Å². The highest BCUT2D eigenvalue weighted by molar-refractivity contribution is 9.09. The first-order chi connectivity index (χ1) is 8.63. The summed E-state index contributed by atoms with van der Waals surface area (Å²) in [6.07, 6.45) is 4.70. The molecule has 1 aromatic rings. The van der Waals surface area contributed by atoms with E-state index in [-0.39, 0.29) is 5.56 Å². The van der Waals surface area contributed by atoms with Crippen LogP contribution in [0.5, 0.6) is 11.5 Å². The lowest BCUT2D eigenvalue weighted by atomic mass is 10.1. The summed E-state index contributed by atoms with van der Waals surface area (Å²) in [5.41, 5.74) is 0.882. The van der Waals surface area contributed by atoms with Crippen molar-refractivity contribution in [1.29, 1.82) is 0 Å². The van der Waals surface area contributed by atoms with Gasteiger partial charge in [-0.15, -0.1) is 0 Å². The molecule has 0 atom stereocenters. The molecule has 0 unspecified atom stereocenters. The molecule has 0 bridgehead atoms. The van der Waals surface area contributed by atoms with Gasteiger partial charge >= 0.3 is 5.97 Å². The second-order valence-electron chi connectivity index (χ2n) is 3.48. The van der Waals surface area contributed by atoms with Crippen LogP contribution in [-0.4, -0.2) is 30.6 Å². The number of hydrogen-bond donors (Lipinski definition) is 1. The molecule has 98 valence electrons. The van der Waals surface area contributed by atoms with Crippen molar-refractivity contribution >= 4 is 28.0 Å². The molecule has 0 aliphatic heterocycles. The van der Waals surface area contributed by atoms with Gasteiger partial charge in [-0.05, 0) is 18.6 Å². The average Bonchev–Trinajstić information content (AvgIpc) is 2.38. The molecule has 0 saturated carbocycles. The maximum atomic E-state index is 11.0. The van der Waals surface area contributed by atoms with Crippen molar-refractivity contribution < 1.29 is 19.4 Å². The highest BCUT2D eigenvalue weighted by atomic mass is 79.9. The molecule has 0 fully saturated rings. The number of carbonyl (C=O) groups is 1. The van der Waals surface area contributed by atoms with Crippen LogP contribution in [0.1, 0.15) is 22.3 Å². The summed E-state index contributed by atoms with van der Waals surface area (Å²) in [5.74, 6) is -0.0438. The quantitative estimate of drug-likeness (QED) is 0.819. The Hall–Kier alpha value is -1.49. The standard InChI is InChI=1S/C13H15BrO4/c1-17-11-7-9(13(15)16)8-12(18-2)10(11)5-3-4-6-14/h3,5,7-8H,4,6H2,1-2H3,(H,15,16). The lowest BCUT2D eigenvalue weighted by molar-refractivity contribution is 0.0696. The molecule has 0 heterocycles. The first kappa shape index (κ1) is 14.6. The Bertz CT molecular complexity index is 429. The van der Waals surface area contributed by atoms with Gasteiger partial charge in [0.2, 0.25) is 0 Å². The van der Waals surface area contributed by atoms with Crippen molar-refractivity contribution in [3.05, 3.63) is 29.3 Å².